The lowest BCUT2D eigenvalue weighted by atomic mass is 10.0. The number of thioether (sulfide) groups is 1. The highest BCUT2D eigenvalue weighted by atomic mass is 32.2. The van der Waals surface area contributed by atoms with Gasteiger partial charge in [0.1, 0.15) is 0 Å². The van der Waals surface area contributed by atoms with Gasteiger partial charge in [0.25, 0.3) is 5.91 Å². The van der Waals surface area contributed by atoms with E-state index in [1.165, 1.54) is 0 Å². The monoisotopic (exact) mass is 343 g/mol. The Morgan fingerprint density at radius 1 is 1.35 bits per heavy atom. The van der Waals surface area contributed by atoms with E-state index in [2.05, 4.69) is 10.6 Å². The van der Waals surface area contributed by atoms with Gasteiger partial charge in [0, 0.05) is 30.3 Å². The van der Waals surface area contributed by atoms with Gasteiger partial charge in [-0.2, -0.15) is 11.8 Å². The van der Waals surface area contributed by atoms with Gasteiger partial charge in [-0.25, -0.2) is 9.59 Å². The predicted molar refractivity (Wildman–Crippen MR) is 82.1 cm³/mol. The number of nitrogens with zero attached hydrogens (tertiary/aromatic N) is 1. The lowest BCUT2D eigenvalue weighted by Crippen LogP contribution is -2.36. The summed E-state index contributed by atoms with van der Waals surface area (Å²) < 4.78 is 0. The van der Waals surface area contributed by atoms with Crippen LogP contribution in [0, 0.1) is 0 Å². The molecule has 0 aromatic rings. The molecule has 4 atom stereocenters. The number of amides is 3. The minimum absolute atomic E-state index is 0.0947. The highest BCUT2D eigenvalue weighted by Crippen LogP contribution is 2.33. The third kappa shape index (κ3) is 3.72. The van der Waals surface area contributed by atoms with E-state index in [0.717, 1.165) is 23.7 Å². The standard InChI is InChI=1S/C14H21N3O5S/c18-10-5-6-11(19)17(10)22-12(20)4-2-1-3-9-13-8(7-23-9)15-14(21)16-13/h8-10,13,18H,1-7H2,(H2,15,16,21)/t8-,9-,10?,13-/m0/s1. The molecule has 0 aliphatic carbocycles. The molecule has 0 radical (unpaired) electrons. The molecule has 3 heterocycles. The molecule has 128 valence electrons. The number of aliphatic hydroxyl groups is 1. The number of hydrogen-bond acceptors (Lipinski definition) is 6. The van der Waals surface area contributed by atoms with Gasteiger partial charge in [-0.05, 0) is 12.8 Å². The van der Waals surface area contributed by atoms with Crippen molar-refractivity contribution in [3.05, 3.63) is 0 Å². The van der Waals surface area contributed by atoms with Crippen molar-refractivity contribution in [1.29, 1.82) is 0 Å². The normalized spacial score (nSPS) is 32.7. The fraction of sp³-hybridized carbons (Fsp3) is 0.786. The summed E-state index contributed by atoms with van der Waals surface area (Å²) in [7, 11) is 0. The number of carbonyl (C=O) groups excluding carboxylic acids is 3. The fourth-order valence-electron chi connectivity index (χ4n) is 3.17. The number of hydrogen-bond donors (Lipinski definition) is 3. The first-order valence-electron chi connectivity index (χ1n) is 7.94. The van der Waals surface area contributed by atoms with Crippen LogP contribution in [0.15, 0.2) is 0 Å². The van der Waals surface area contributed by atoms with Gasteiger partial charge >= 0.3 is 12.0 Å². The van der Waals surface area contributed by atoms with Crippen molar-refractivity contribution >= 4 is 29.7 Å². The first-order valence-corrected chi connectivity index (χ1v) is 8.99. The summed E-state index contributed by atoms with van der Waals surface area (Å²) in [5.41, 5.74) is 0. The van der Waals surface area contributed by atoms with Gasteiger partial charge in [-0.3, -0.25) is 4.79 Å². The molecule has 1 unspecified atom stereocenters. The molecule has 3 amide bonds. The molecule has 8 nitrogen and oxygen atoms in total. The molecule has 23 heavy (non-hydrogen) atoms. The molecule has 3 N–H and O–H groups in total. The minimum Gasteiger partial charge on any atom is -0.370 e. The highest BCUT2D eigenvalue weighted by molar-refractivity contribution is 8.00. The summed E-state index contributed by atoms with van der Waals surface area (Å²) in [6.45, 7) is 0. The molecule has 3 aliphatic rings. The molecular weight excluding hydrogens is 322 g/mol. The van der Waals surface area contributed by atoms with Crippen LogP contribution in [0.3, 0.4) is 0 Å². The zero-order valence-electron chi connectivity index (χ0n) is 12.7. The molecule has 0 saturated carbocycles. The van der Waals surface area contributed by atoms with Crippen LogP contribution >= 0.6 is 11.8 Å². The van der Waals surface area contributed by atoms with Gasteiger partial charge < -0.3 is 20.6 Å². The van der Waals surface area contributed by atoms with E-state index in [0.29, 0.717) is 18.1 Å². The van der Waals surface area contributed by atoms with Crippen LogP contribution in [0.1, 0.15) is 38.5 Å². The predicted octanol–water partition coefficient (Wildman–Crippen LogP) is 0.111. The number of hydroxylamine groups is 2. The first-order chi connectivity index (χ1) is 11.0. The summed E-state index contributed by atoms with van der Waals surface area (Å²) in [6.07, 6.45) is 2.13. The quantitative estimate of drug-likeness (QED) is 0.467. The second-order valence-electron chi connectivity index (χ2n) is 6.07. The van der Waals surface area contributed by atoms with Crippen LogP contribution in [-0.2, 0) is 14.4 Å². The third-order valence-corrected chi connectivity index (χ3v) is 5.90. The van der Waals surface area contributed by atoms with Crippen molar-refractivity contribution in [1.82, 2.24) is 15.7 Å². The molecule has 3 saturated heterocycles. The highest BCUT2D eigenvalue weighted by Gasteiger charge is 2.42. The summed E-state index contributed by atoms with van der Waals surface area (Å²) in [4.78, 5) is 39.3. The van der Waals surface area contributed by atoms with Crippen molar-refractivity contribution in [2.75, 3.05) is 5.75 Å². The van der Waals surface area contributed by atoms with Crippen LogP contribution in [0.4, 0.5) is 4.79 Å². The van der Waals surface area contributed by atoms with Crippen molar-refractivity contribution in [2.24, 2.45) is 0 Å². The molecule has 0 aromatic carbocycles. The summed E-state index contributed by atoms with van der Waals surface area (Å²) in [5.74, 6) is 0.0706. The molecule has 3 aliphatic heterocycles. The average Bonchev–Trinajstić information content (AvgIpc) is 3.14. The Bertz CT molecular complexity index is 503. The average molecular weight is 343 g/mol. The van der Waals surface area contributed by atoms with E-state index in [4.69, 9.17) is 4.84 Å². The summed E-state index contributed by atoms with van der Waals surface area (Å²) in [5, 5.41) is 16.5. The van der Waals surface area contributed by atoms with Gasteiger partial charge in [0.15, 0.2) is 6.23 Å². The first kappa shape index (κ1) is 16.4. The second-order valence-corrected chi connectivity index (χ2v) is 7.34. The number of rotatable bonds is 6. The van der Waals surface area contributed by atoms with Crippen LogP contribution in [0.5, 0.6) is 0 Å². The number of unbranched alkanes of at least 4 members (excludes halogenated alkanes) is 1. The van der Waals surface area contributed by atoms with Crippen molar-refractivity contribution in [3.63, 3.8) is 0 Å². The van der Waals surface area contributed by atoms with Crippen LogP contribution in [0.2, 0.25) is 0 Å². The molecular formula is C14H21N3O5S. The minimum atomic E-state index is -1.02. The summed E-state index contributed by atoms with van der Waals surface area (Å²) in [6, 6.07) is 0.296. The second kappa shape index (κ2) is 6.96. The van der Waals surface area contributed by atoms with E-state index in [-0.39, 0.29) is 36.9 Å². The lowest BCUT2D eigenvalue weighted by Gasteiger charge is -2.19. The maximum Gasteiger partial charge on any atom is 0.332 e. The molecule has 0 bridgehead atoms. The number of aliphatic hydroxyl groups excluding tert-OH is 1. The van der Waals surface area contributed by atoms with Crippen LogP contribution in [0.25, 0.3) is 0 Å². The SMILES string of the molecule is O=C1N[C@H]2[C@H](CS[C@H]2CCCCC(=O)ON2C(=O)CCC2O)N1. The van der Waals surface area contributed by atoms with E-state index in [1.807, 2.05) is 11.8 Å². The Kier molecular flexibility index (Phi) is 4.96. The molecule has 0 aromatic heterocycles. The van der Waals surface area contributed by atoms with E-state index >= 15 is 0 Å². The Morgan fingerprint density at radius 3 is 2.91 bits per heavy atom. The lowest BCUT2D eigenvalue weighted by molar-refractivity contribution is -0.220. The molecule has 0 spiro atoms. The number of urea groups is 1. The largest absolute Gasteiger partial charge is 0.370 e. The van der Waals surface area contributed by atoms with E-state index in [9.17, 15) is 19.5 Å². The third-order valence-electron chi connectivity index (χ3n) is 4.39. The topological polar surface area (TPSA) is 108 Å². The fourth-order valence-corrected chi connectivity index (χ4v) is 4.71. The molecule has 3 fully saturated rings. The van der Waals surface area contributed by atoms with Gasteiger partial charge in [-0.1, -0.05) is 6.42 Å². The maximum atomic E-state index is 11.7. The maximum absolute atomic E-state index is 11.7. The van der Waals surface area contributed by atoms with E-state index < -0.39 is 12.2 Å². The Hall–Kier alpha value is -1.48. The van der Waals surface area contributed by atoms with Crippen LogP contribution < -0.4 is 10.6 Å². The van der Waals surface area contributed by atoms with Gasteiger partial charge in [0.05, 0.1) is 12.1 Å². The molecule has 3 rings (SSSR count). The Morgan fingerprint density at radius 2 is 2.17 bits per heavy atom. The number of nitrogens with one attached hydrogen (secondary N) is 2. The zero-order chi connectivity index (χ0) is 16.4. The van der Waals surface area contributed by atoms with Crippen molar-refractivity contribution in [2.45, 2.75) is 62.1 Å². The number of carbonyl (C=O) groups is 3. The van der Waals surface area contributed by atoms with Gasteiger partial charge in [0.2, 0.25) is 0 Å². The Labute approximate surface area is 138 Å². The van der Waals surface area contributed by atoms with Crippen molar-refractivity contribution in [3.8, 4) is 0 Å². The van der Waals surface area contributed by atoms with Crippen LogP contribution in [-0.4, -0.2) is 57.4 Å². The number of fused-ring (bicyclic) bond motifs is 1. The van der Waals surface area contributed by atoms with E-state index in [1.54, 1.807) is 0 Å². The molecule has 9 heteroatoms. The van der Waals surface area contributed by atoms with Gasteiger partial charge in [-0.15, -0.1) is 5.06 Å². The zero-order valence-corrected chi connectivity index (χ0v) is 13.5. The summed E-state index contributed by atoms with van der Waals surface area (Å²) >= 11 is 1.84. The van der Waals surface area contributed by atoms with Crippen molar-refractivity contribution < 1.29 is 24.3 Å². The Balaban J connectivity index is 1.33. The smallest absolute Gasteiger partial charge is 0.332 e.